The fourth-order valence-corrected chi connectivity index (χ4v) is 6.87. The molecule has 0 N–H and O–H groups in total. The number of methoxy groups -OCH3 is 1. The number of sulfonamides is 1. The zero-order chi connectivity index (χ0) is 23.6. The Balaban J connectivity index is 1.67. The molecule has 1 saturated heterocycles. The Morgan fingerprint density at radius 2 is 1.73 bits per heavy atom. The van der Waals surface area contributed by atoms with E-state index in [2.05, 4.69) is 4.99 Å². The van der Waals surface area contributed by atoms with Gasteiger partial charge in [0.2, 0.25) is 10.0 Å². The van der Waals surface area contributed by atoms with E-state index < -0.39 is 15.9 Å². The molecule has 0 spiro atoms. The Morgan fingerprint density at radius 1 is 1.06 bits per heavy atom. The van der Waals surface area contributed by atoms with Crippen LogP contribution in [0.5, 0.6) is 5.75 Å². The first kappa shape index (κ1) is 23.7. The second kappa shape index (κ2) is 9.79. The minimum absolute atomic E-state index is 0.215. The van der Waals surface area contributed by atoms with Gasteiger partial charge in [0.15, 0.2) is 4.80 Å². The van der Waals surface area contributed by atoms with E-state index in [4.69, 9.17) is 4.74 Å². The normalized spacial score (nSPS) is 16.2. The van der Waals surface area contributed by atoms with E-state index >= 15 is 0 Å². The van der Waals surface area contributed by atoms with Gasteiger partial charge < -0.3 is 9.30 Å². The molecular weight excluding hydrogens is 458 g/mol. The molecule has 0 saturated carbocycles. The molecule has 0 aliphatic carbocycles. The summed E-state index contributed by atoms with van der Waals surface area (Å²) in [6.45, 7) is 5.75. The maximum absolute atomic E-state index is 13.0. The summed E-state index contributed by atoms with van der Waals surface area (Å²) in [5.74, 6) is 0.338. The van der Waals surface area contributed by atoms with Crippen molar-refractivity contribution in [1.29, 1.82) is 0 Å². The van der Waals surface area contributed by atoms with Gasteiger partial charge in [0.05, 0.1) is 16.7 Å². The van der Waals surface area contributed by atoms with Crippen LogP contribution >= 0.6 is 11.3 Å². The Morgan fingerprint density at radius 3 is 2.33 bits per heavy atom. The molecule has 1 amide bonds. The number of amides is 1. The van der Waals surface area contributed by atoms with Gasteiger partial charge in [-0.2, -0.15) is 9.30 Å². The molecule has 4 rings (SSSR count). The van der Waals surface area contributed by atoms with E-state index in [1.165, 1.54) is 23.5 Å². The molecule has 2 aromatic carbocycles. The molecule has 3 aromatic rings. The third-order valence-corrected chi connectivity index (χ3v) is 9.15. The number of carbonyl (C=O) groups is 1. The van der Waals surface area contributed by atoms with Gasteiger partial charge in [-0.25, -0.2) is 8.42 Å². The number of hydrogen-bond donors (Lipinski definition) is 0. The second-order valence-electron chi connectivity index (χ2n) is 8.15. The molecule has 7 nitrogen and oxygen atoms in total. The molecule has 0 radical (unpaired) electrons. The Bertz CT molecular complexity index is 1330. The van der Waals surface area contributed by atoms with Crippen LogP contribution in [0.1, 0.15) is 48.5 Å². The largest absolute Gasteiger partial charge is 0.495 e. The van der Waals surface area contributed by atoms with Crippen LogP contribution in [-0.4, -0.2) is 43.4 Å². The van der Waals surface area contributed by atoms with E-state index in [9.17, 15) is 13.2 Å². The highest BCUT2D eigenvalue weighted by Crippen LogP contribution is 2.30. The van der Waals surface area contributed by atoms with Crippen molar-refractivity contribution in [2.24, 2.45) is 4.99 Å². The lowest BCUT2D eigenvalue weighted by Crippen LogP contribution is -2.31. The highest BCUT2D eigenvalue weighted by Gasteiger charge is 2.25. The summed E-state index contributed by atoms with van der Waals surface area (Å²) < 4.78 is 36.1. The standard InChI is InChI=1S/C24H29N3O4S2/c1-4-27-21-20(31-3)14-9-17(2)22(21)32-24(27)25-23(28)18-10-12-19(13-11-18)33(29,30)26-15-7-5-6-8-16-26/h9-14H,4-8,15-16H2,1-3H3. The van der Waals surface area contributed by atoms with Gasteiger partial charge in [-0.1, -0.05) is 30.2 Å². The summed E-state index contributed by atoms with van der Waals surface area (Å²) in [6.07, 6.45) is 3.88. The number of carbonyl (C=O) groups excluding carboxylic acids is 1. The van der Waals surface area contributed by atoms with Gasteiger partial charge in [0.1, 0.15) is 11.3 Å². The van der Waals surface area contributed by atoms with Crippen LogP contribution in [0.25, 0.3) is 10.2 Å². The molecule has 1 aromatic heterocycles. The number of fused-ring (bicyclic) bond motifs is 1. The van der Waals surface area contributed by atoms with Gasteiger partial charge in [-0.15, -0.1) is 0 Å². The van der Waals surface area contributed by atoms with Crippen LogP contribution in [0.15, 0.2) is 46.3 Å². The van der Waals surface area contributed by atoms with Crippen molar-refractivity contribution >= 4 is 37.5 Å². The van der Waals surface area contributed by atoms with Crippen molar-refractivity contribution in [1.82, 2.24) is 8.87 Å². The van der Waals surface area contributed by atoms with Crippen molar-refractivity contribution in [2.45, 2.75) is 51.0 Å². The van der Waals surface area contributed by atoms with Gasteiger partial charge in [-0.05, 0) is 62.6 Å². The molecule has 0 atom stereocenters. The first-order valence-electron chi connectivity index (χ1n) is 11.2. The zero-order valence-electron chi connectivity index (χ0n) is 19.2. The summed E-state index contributed by atoms with van der Waals surface area (Å²) in [6, 6.07) is 10.0. The fraction of sp³-hybridized carbons (Fsp3) is 0.417. The molecular formula is C24H29N3O4S2. The average Bonchev–Trinajstić information content (AvgIpc) is 2.98. The number of benzene rings is 2. The van der Waals surface area contributed by atoms with Crippen LogP contribution in [0.2, 0.25) is 0 Å². The molecule has 9 heteroatoms. The number of ether oxygens (including phenoxy) is 1. The van der Waals surface area contributed by atoms with E-state index in [0.29, 0.717) is 30.0 Å². The number of aryl methyl sites for hydroxylation is 2. The SMILES string of the molecule is CCn1c(=NC(=O)c2ccc(S(=O)(=O)N3CCCCCC3)cc2)sc2c(C)ccc(OC)c21. The van der Waals surface area contributed by atoms with Gasteiger partial charge in [-0.3, -0.25) is 4.79 Å². The van der Waals surface area contributed by atoms with Gasteiger partial charge >= 0.3 is 0 Å². The fourth-order valence-electron chi connectivity index (χ4n) is 4.17. The molecule has 0 bridgehead atoms. The lowest BCUT2D eigenvalue weighted by molar-refractivity contribution is 0.0997. The van der Waals surface area contributed by atoms with Crippen LogP contribution in [0.3, 0.4) is 0 Å². The minimum atomic E-state index is -3.55. The number of hydrogen-bond acceptors (Lipinski definition) is 5. The van der Waals surface area contributed by atoms with E-state index in [-0.39, 0.29) is 4.90 Å². The van der Waals surface area contributed by atoms with Crippen LogP contribution in [0, 0.1) is 6.92 Å². The Kier molecular flexibility index (Phi) is 7.02. The smallest absolute Gasteiger partial charge is 0.279 e. The number of nitrogens with zero attached hydrogens (tertiary/aromatic N) is 3. The van der Waals surface area contributed by atoms with E-state index in [1.54, 1.807) is 23.5 Å². The third kappa shape index (κ3) is 4.62. The molecule has 1 aliphatic rings. The zero-order valence-corrected chi connectivity index (χ0v) is 20.8. The number of rotatable bonds is 5. The summed E-state index contributed by atoms with van der Waals surface area (Å²) in [5.41, 5.74) is 2.37. The Hall–Kier alpha value is -2.49. The monoisotopic (exact) mass is 487 g/mol. The predicted octanol–water partition coefficient (Wildman–Crippen LogP) is 4.35. The molecule has 1 aliphatic heterocycles. The summed E-state index contributed by atoms with van der Waals surface area (Å²) >= 11 is 1.45. The van der Waals surface area contributed by atoms with E-state index in [1.807, 2.05) is 30.5 Å². The Labute approximate surface area is 198 Å². The first-order valence-corrected chi connectivity index (χ1v) is 13.5. The van der Waals surface area contributed by atoms with Gasteiger partial charge in [0, 0.05) is 25.2 Å². The van der Waals surface area contributed by atoms with Crippen molar-refractivity contribution in [3.05, 3.63) is 52.3 Å². The van der Waals surface area contributed by atoms with Crippen molar-refractivity contribution < 1.29 is 17.9 Å². The van der Waals surface area contributed by atoms with E-state index in [0.717, 1.165) is 47.2 Å². The van der Waals surface area contributed by atoms with Crippen molar-refractivity contribution in [2.75, 3.05) is 20.2 Å². The average molecular weight is 488 g/mol. The maximum atomic E-state index is 13.0. The first-order chi connectivity index (χ1) is 15.9. The molecule has 33 heavy (non-hydrogen) atoms. The molecule has 1 fully saturated rings. The quantitative estimate of drug-likeness (QED) is 0.536. The summed E-state index contributed by atoms with van der Waals surface area (Å²) in [4.78, 5) is 18.1. The van der Waals surface area contributed by atoms with Crippen LogP contribution < -0.4 is 9.54 Å². The number of aromatic nitrogens is 1. The van der Waals surface area contributed by atoms with Crippen LogP contribution in [0.4, 0.5) is 0 Å². The summed E-state index contributed by atoms with van der Waals surface area (Å²) in [5, 5.41) is 0. The number of thiazole rings is 1. The highest BCUT2D eigenvalue weighted by atomic mass is 32.2. The topological polar surface area (TPSA) is 81.0 Å². The summed E-state index contributed by atoms with van der Waals surface area (Å²) in [7, 11) is -1.92. The van der Waals surface area contributed by atoms with Gasteiger partial charge in [0.25, 0.3) is 5.91 Å². The molecule has 176 valence electrons. The van der Waals surface area contributed by atoms with Crippen molar-refractivity contribution in [3.63, 3.8) is 0 Å². The third-order valence-electron chi connectivity index (χ3n) is 6.02. The minimum Gasteiger partial charge on any atom is -0.495 e. The van der Waals surface area contributed by atoms with Crippen molar-refractivity contribution in [3.8, 4) is 5.75 Å². The van der Waals surface area contributed by atoms with Crippen LogP contribution in [-0.2, 0) is 16.6 Å². The predicted molar refractivity (Wildman–Crippen MR) is 130 cm³/mol. The lowest BCUT2D eigenvalue weighted by Gasteiger charge is -2.19. The second-order valence-corrected chi connectivity index (χ2v) is 11.1. The maximum Gasteiger partial charge on any atom is 0.279 e. The highest BCUT2D eigenvalue weighted by molar-refractivity contribution is 7.89. The lowest BCUT2D eigenvalue weighted by atomic mass is 10.2. The molecule has 0 unspecified atom stereocenters. The molecule has 2 heterocycles.